The summed E-state index contributed by atoms with van der Waals surface area (Å²) in [6.07, 6.45) is 1.09. The lowest BCUT2D eigenvalue weighted by Gasteiger charge is -2.17. The standard InChI is InChI=1S/C13H24O/c1-9(2)11(5)7-13(14)8-12(6)10(3)4/h9-10,13-14H,5-8H2,1-4H3. The van der Waals surface area contributed by atoms with Gasteiger partial charge in [0.25, 0.3) is 0 Å². The first-order chi connectivity index (χ1) is 6.34. The molecule has 0 radical (unpaired) electrons. The molecule has 0 saturated carbocycles. The van der Waals surface area contributed by atoms with E-state index in [1.54, 1.807) is 0 Å². The van der Waals surface area contributed by atoms with Crippen LogP contribution >= 0.6 is 0 Å². The molecule has 0 aliphatic carbocycles. The predicted molar refractivity (Wildman–Crippen MR) is 63.2 cm³/mol. The fourth-order valence-electron chi connectivity index (χ4n) is 1.15. The molecule has 0 bridgehead atoms. The van der Waals surface area contributed by atoms with Crippen LogP contribution in [0.4, 0.5) is 0 Å². The van der Waals surface area contributed by atoms with Crippen molar-refractivity contribution >= 4 is 0 Å². The number of aliphatic hydroxyl groups excluding tert-OH is 1. The molecule has 1 N–H and O–H groups in total. The lowest BCUT2D eigenvalue weighted by atomic mass is 9.93. The van der Waals surface area contributed by atoms with Gasteiger partial charge in [-0.25, -0.2) is 0 Å². The van der Waals surface area contributed by atoms with Gasteiger partial charge in [0, 0.05) is 0 Å². The van der Waals surface area contributed by atoms with Crippen LogP contribution in [-0.2, 0) is 0 Å². The molecule has 0 aromatic rings. The smallest absolute Gasteiger partial charge is 0.0614 e. The van der Waals surface area contributed by atoms with Gasteiger partial charge < -0.3 is 5.11 Å². The van der Waals surface area contributed by atoms with Gasteiger partial charge in [0.1, 0.15) is 0 Å². The third-order valence-corrected chi connectivity index (χ3v) is 2.63. The van der Waals surface area contributed by atoms with E-state index in [-0.39, 0.29) is 6.10 Å². The summed E-state index contributed by atoms with van der Waals surface area (Å²) in [6, 6.07) is 0. The van der Waals surface area contributed by atoms with Crippen LogP contribution in [0.2, 0.25) is 0 Å². The fourth-order valence-corrected chi connectivity index (χ4v) is 1.15. The monoisotopic (exact) mass is 196 g/mol. The van der Waals surface area contributed by atoms with Gasteiger partial charge in [-0.1, -0.05) is 52.0 Å². The lowest BCUT2D eigenvalue weighted by Crippen LogP contribution is -2.12. The van der Waals surface area contributed by atoms with Crippen molar-refractivity contribution in [3.8, 4) is 0 Å². The predicted octanol–water partition coefficient (Wildman–Crippen LogP) is 3.55. The molecule has 1 nitrogen and oxygen atoms in total. The van der Waals surface area contributed by atoms with E-state index in [4.69, 9.17) is 0 Å². The first-order valence-corrected chi connectivity index (χ1v) is 5.38. The van der Waals surface area contributed by atoms with Crippen molar-refractivity contribution in [2.24, 2.45) is 11.8 Å². The molecular weight excluding hydrogens is 172 g/mol. The van der Waals surface area contributed by atoms with E-state index >= 15 is 0 Å². The first kappa shape index (κ1) is 13.4. The molecule has 14 heavy (non-hydrogen) atoms. The number of aliphatic hydroxyl groups is 1. The van der Waals surface area contributed by atoms with Gasteiger partial charge in [0.15, 0.2) is 0 Å². The number of hydrogen-bond donors (Lipinski definition) is 1. The van der Waals surface area contributed by atoms with E-state index in [1.165, 1.54) is 0 Å². The molecule has 0 heterocycles. The Bertz CT molecular complexity index is 179. The Morgan fingerprint density at radius 1 is 0.929 bits per heavy atom. The van der Waals surface area contributed by atoms with Gasteiger partial charge >= 0.3 is 0 Å². The third kappa shape index (κ3) is 5.23. The number of hydrogen-bond acceptors (Lipinski definition) is 1. The molecule has 0 aromatic carbocycles. The molecule has 1 heteroatoms. The average molecular weight is 196 g/mol. The highest BCUT2D eigenvalue weighted by Crippen LogP contribution is 2.20. The van der Waals surface area contributed by atoms with E-state index in [9.17, 15) is 5.11 Å². The summed E-state index contributed by atoms with van der Waals surface area (Å²) in [5.74, 6) is 0.911. The fraction of sp³-hybridized carbons (Fsp3) is 0.692. The van der Waals surface area contributed by atoms with Gasteiger partial charge in [-0.3, -0.25) is 0 Å². The van der Waals surface area contributed by atoms with Crippen LogP contribution in [0, 0.1) is 11.8 Å². The second kappa shape index (κ2) is 6.02. The Morgan fingerprint density at radius 2 is 1.21 bits per heavy atom. The van der Waals surface area contributed by atoms with Crippen LogP contribution in [-0.4, -0.2) is 11.2 Å². The van der Waals surface area contributed by atoms with Crippen LogP contribution in [0.15, 0.2) is 24.3 Å². The molecule has 0 fully saturated rings. The van der Waals surface area contributed by atoms with Crippen molar-refractivity contribution in [3.63, 3.8) is 0 Å². The molecular formula is C13H24O. The largest absolute Gasteiger partial charge is 0.392 e. The highest BCUT2D eigenvalue weighted by Gasteiger charge is 2.11. The highest BCUT2D eigenvalue weighted by atomic mass is 16.3. The summed E-state index contributed by atoms with van der Waals surface area (Å²) in [6.45, 7) is 16.3. The second-order valence-electron chi connectivity index (χ2n) is 4.69. The minimum absolute atomic E-state index is 0.306. The number of rotatable bonds is 6. The zero-order valence-corrected chi connectivity index (χ0v) is 10.0. The van der Waals surface area contributed by atoms with Gasteiger partial charge in [0.2, 0.25) is 0 Å². The highest BCUT2D eigenvalue weighted by molar-refractivity contribution is 5.04. The average Bonchev–Trinajstić information content (AvgIpc) is 2.03. The van der Waals surface area contributed by atoms with E-state index in [0.717, 1.165) is 11.1 Å². The maximum absolute atomic E-state index is 9.77. The zero-order valence-electron chi connectivity index (χ0n) is 10.0. The van der Waals surface area contributed by atoms with Crippen molar-refractivity contribution < 1.29 is 5.11 Å². The van der Waals surface area contributed by atoms with Crippen LogP contribution in [0.5, 0.6) is 0 Å². The molecule has 0 amide bonds. The van der Waals surface area contributed by atoms with Crippen LogP contribution in [0.1, 0.15) is 40.5 Å². The van der Waals surface area contributed by atoms with Crippen LogP contribution in [0.3, 0.4) is 0 Å². The Labute approximate surface area is 88.5 Å². The molecule has 0 aliphatic rings. The molecule has 0 spiro atoms. The quantitative estimate of drug-likeness (QED) is 0.644. The van der Waals surface area contributed by atoms with Crippen molar-refractivity contribution in [2.75, 3.05) is 0 Å². The summed E-state index contributed by atoms with van der Waals surface area (Å²) >= 11 is 0. The molecule has 0 rings (SSSR count). The first-order valence-electron chi connectivity index (χ1n) is 5.38. The Hall–Kier alpha value is -0.560. The molecule has 0 aliphatic heterocycles. The molecule has 0 aromatic heterocycles. The van der Waals surface area contributed by atoms with Crippen molar-refractivity contribution in [1.82, 2.24) is 0 Å². The van der Waals surface area contributed by atoms with Gasteiger partial charge in [-0.15, -0.1) is 0 Å². The van der Waals surface area contributed by atoms with Crippen molar-refractivity contribution in [3.05, 3.63) is 24.3 Å². The molecule has 0 atom stereocenters. The van der Waals surface area contributed by atoms with E-state index < -0.39 is 0 Å². The Kier molecular flexibility index (Phi) is 5.78. The SMILES string of the molecule is C=C(CC(O)CC(=C)C(C)C)C(C)C. The summed E-state index contributed by atoms with van der Waals surface area (Å²) in [5.41, 5.74) is 2.24. The Balaban J connectivity index is 3.93. The van der Waals surface area contributed by atoms with Gasteiger partial charge in [-0.2, -0.15) is 0 Å². The summed E-state index contributed by atoms with van der Waals surface area (Å²) < 4.78 is 0. The summed E-state index contributed by atoms with van der Waals surface area (Å²) in [7, 11) is 0. The maximum Gasteiger partial charge on any atom is 0.0614 e. The maximum atomic E-state index is 9.77. The normalized spacial score (nSPS) is 11.4. The van der Waals surface area contributed by atoms with E-state index in [0.29, 0.717) is 24.7 Å². The molecule has 0 unspecified atom stereocenters. The van der Waals surface area contributed by atoms with Crippen molar-refractivity contribution in [1.29, 1.82) is 0 Å². The topological polar surface area (TPSA) is 20.2 Å². The molecule has 82 valence electrons. The second-order valence-corrected chi connectivity index (χ2v) is 4.69. The van der Waals surface area contributed by atoms with Crippen LogP contribution in [0.25, 0.3) is 0 Å². The Morgan fingerprint density at radius 3 is 1.43 bits per heavy atom. The molecule has 0 saturated heterocycles. The van der Waals surface area contributed by atoms with E-state index in [2.05, 4.69) is 40.9 Å². The minimum atomic E-state index is -0.306. The zero-order chi connectivity index (χ0) is 11.3. The van der Waals surface area contributed by atoms with Gasteiger partial charge in [-0.05, 0) is 24.7 Å². The van der Waals surface area contributed by atoms with E-state index in [1.807, 2.05) is 0 Å². The van der Waals surface area contributed by atoms with Crippen LogP contribution < -0.4 is 0 Å². The minimum Gasteiger partial charge on any atom is -0.392 e. The summed E-state index contributed by atoms with van der Waals surface area (Å²) in [4.78, 5) is 0. The summed E-state index contributed by atoms with van der Waals surface area (Å²) in [5, 5.41) is 9.77. The van der Waals surface area contributed by atoms with Crippen molar-refractivity contribution in [2.45, 2.75) is 46.6 Å². The lowest BCUT2D eigenvalue weighted by molar-refractivity contribution is 0.170. The third-order valence-electron chi connectivity index (χ3n) is 2.63. The van der Waals surface area contributed by atoms with Gasteiger partial charge in [0.05, 0.1) is 6.10 Å².